The lowest BCUT2D eigenvalue weighted by Crippen LogP contribution is -2.30. The minimum absolute atomic E-state index is 0.0551. The van der Waals surface area contributed by atoms with E-state index >= 15 is 0 Å². The summed E-state index contributed by atoms with van der Waals surface area (Å²) in [7, 11) is 0. The number of nitrogens with one attached hydrogen (secondary N) is 3. The minimum Gasteiger partial charge on any atom is -0.494 e. The van der Waals surface area contributed by atoms with E-state index in [0.29, 0.717) is 38.6 Å². The molecule has 1 aromatic heterocycles. The van der Waals surface area contributed by atoms with Gasteiger partial charge in [0.05, 0.1) is 22.6 Å². The summed E-state index contributed by atoms with van der Waals surface area (Å²) in [6.07, 6.45) is 1.43. The summed E-state index contributed by atoms with van der Waals surface area (Å²) in [5.41, 5.74) is 1.95. The topological polar surface area (TPSA) is 109 Å². The van der Waals surface area contributed by atoms with Crippen LogP contribution in [0.1, 0.15) is 22.8 Å². The normalized spacial score (nSPS) is 11.2. The predicted molar refractivity (Wildman–Crippen MR) is 184 cm³/mol. The van der Waals surface area contributed by atoms with E-state index < -0.39 is 11.8 Å². The zero-order valence-electron chi connectivity index (χ0n) is 23.8. The Labute approximate surface area is 277 Å². The van der Waals surface area contributed by atoms with Crippen LogP contribution >= 0.6 is 46.3 Å². The molecule has 5 rings (SSSR count). The van der Waals surface area contributed by atoms with Crippen molar-refractivity contribution in [1.82, 2.24) is 10.3 Å². The van der Waals surface area contributed by atoms with Gasteiger partial charge >= 0.3 is 0 Å². The second-order valence-corrected chi connectivity index (χ2v) is 12.3. The molecule has 12 heteroatoms. The lowest BCUT2D eigenvalue weighted by atomic mass is 10.1. The molecular weight excluding hydrogens is 651 g/mol. The Morgan fingerprint density at radius 1 is 0.911 bits per heavy atom. The van der Waals surface area contributed by atoms with Gasteiger partial charge in [-0.25, -0.2) is 4.98 Å². The molecule has 0 aliphatic rings. The molecule has 0 spiro atoms. The Morgan fingerprint density at radius 2 is 1.67 bits per heavy atom. The first-order chi connectivity index (χ1) is 21.8. The number of benzene rings is 4. The van der Waals surface area contributed by atoms with Crippen molar-refractivity contribution in [3.8, 4) is 5.75 Å². The Hall–Kier alpha value is -4.35. The van der Waals surface area contributed by atoms with E-state index in [9.17, 15) is 14.4 Å². The van der Waals surface area contributed by atoms with E-state index in [2.05, 4.69) is 20.9 Å². The van der Waals surface area contributed by atoms with Gasteiger partial charge in [-0.3, -0.25) is 14.4 Å². The molecule has 5 aromatic rings. The largest absolute Gasteiger partial charge is 0.494 e. The average Bonchev–Trinajstić information content (AvgIpc) is 3.43. The van der Waals surface area contributed by atoms with Crippen molar-refractivity contribution < 1.29 is 19.1 Å². The highest BCUT2D eigenvalue weighted by atomic mass is 35.5. The van der Waals surface area contributed by atoms with Crippen molar-refractivity contribution >= 4 is 91.1 Å². The molecule has 0 saturated carbocycles. The fourth-order valence-corrected chi connectivity index (χ4v) is 6.29. The first-order valence-electron chi connectivity index (χ1n) is 13.7. The monoisotopic (exact) mass is 676 g/mol. The zero-order chi connectivity index (χ0) is 31.8. The van der Waals surface area contributed by atoms with Crippen molar-refractivity contribution in [3.63, 3.8) is 0 Å². The molecule has 0 unspecified atom stereocenters. The summed E-state index contributed by atoms with van der Waals surface area (Å²) < 4.78 is 6.45. The summed E-state index contributed by atoms with van der Waals surface area (Å²) in [5, 5.41) is 9.47. The number of rotatable bonds is 11. The van der Waals surface area contributed by atoms with Gasteiger partial charge in [0.25, 0.3) is 11.8 Å². The van der Waals surface area contributed by atoms with Crippen LogP contribution in [-0.2, 0) is 9.59 Å². The number of hydrogen-bond acceptors (Lipinski definition) is 7. The highest BCUT2D eigenvalue weighted by Gasteiger charge is 2.17. The molecule has 3 amide bonds. The lowest BCUT2D eigenvalue weighted by molar-refractivity contribution is -0.114. The van der Waals surface area contributed by atoms with E-state index in [1.807, 2.05) is 31.2 Å². The van der Waals surface area contributed by atoms with E-state index in [4.69, 9.17) is 27.9 Å². The van der Waals surface area contributed by atoms with Crippen molar-refractivity contribution in [2.75, 3.05) is 23.0 Å². The molecule has 4 aromatic carbocycles. The van der Waals surface area contributed by atoms with E-state index in [1.165, 1.54) is 29.2 Å². The fourth-order valence-electron chi connectivity index (χ4n) is 4.12. The number of aromatic nitrogens is 1. The van der Waals surface area contributed by atoms with Crippen LogP contribution in [0.15, 0.2) is 102 Å². The number of amides is 3. The van der Waals surface area contributed by atoms with Crippen LogP contribution in [0.4, 0.5) is 10.8 Å². The summed E-state index contributed by atoms with van der Waals surface area (Å²) in [5.74, 6) is -0.399. The maximum absolute atomic E-state index is 13.5. The molecule has 0 saturated heterocycles. The van der Waals surface area contributed by atoms with Crippen molar-refractivity contribution in [2.45, 2.75) is 11.8 Å². The number of anilines is 2. The summed E-state index contributed by atoms with van der Waals surface area (Å²) in [4.78, 5) is 44.3. The molecular formula is C33H26Cl2N4O4S2. The molecule has 228 valence electrons. The first kappa shape index (κ1) is 32.1. The molecule has 0 aliphatic heterocycles. The van der Waals surface area contributed by atoms with Crippen LogP contribution in [0, 0.1) is 0 Å². The number of thioether (sulfide) groups is 1. The molecule has 1 heterocycles. The third-order valence-corrected chi connectivity index (χ3v) is 8.78. The van der Waals surface area contributed by atoms with Crippen LogP contribution in [0.3, 0.4) is 0 Å². The third-order valence-electron chi connectivity index (χ3n) is 6.20. The van der Waals surface area contributed by atoms with Crippen molar-refractivity contribution in [2.24, 2.45) is 0 Å². The summed E-state index contributed by atoms with van der Waals surface area (Å²) in [6, 6.07) is 26.1. The number of hydrogen-bond donors (Lipinski definition) is 3. The summed E-state index contributed by atoms with van der Waals surface area (Å²) >= 11 is 15.4. The molecule has 0 radical (unpaired) electrons. The molecule has 8 nitrogen and oxygen atoms in total. The van der Waals surface area contributed by atoms with Crippen LogP contribution in [-0.4, -0.2) is 35.1 Å². The molecule has 0 aliphatic carbocycles. The second-order valence-electron chi connectivity index (χ2n) is 9.41. The lowest BCUT2D eigenvalue weighted by Gasteiger charge is -2.13. The van der Waals surface area contributed by atoms with Crippen LogP contribution in [0.2, 0.25) is 10.0 Å². The standard InChI is InChI=1S/C33H26Cl2N4O4S2/c1-2-43-22-14-15-27-29(17-22)45-33(38-27)39-30(40)19-44-23-11-6-10-21(16-23)36-32(42)28(18-24-25(34)12-7-13-26(24)35)37-31(41)20-8-4-3-5-9-20/h3-18H,2,19H2,1H3,(H,36,42)(H,37,41)(H,38,39,40)/b28-18+. The molecule has 0 atom stereocenters. The number of carbonyl (C=O) groups is 3. The van der Waals surface area contributed by atoms with Gasteiger partial charge < -0.3 is 20.7 Å². The number of thiazole rings is 1. The Balaban J connectivity index is 1.26. The van der Waals surface area contributed by atoms with Gasteiger partial charge in [-0.2, -0.15) is 0 Å². The molecule has 0 bridgehead atoms. The maximum atomic E-state index is 13.5. The van der Waals surface area contributed by atoms with Gasteiger partial charge in [0.15, 0.2) is 5.13 Å². The molecule has 0 fully saturated rings. The highest BCUT2D eigenvalue weighted by Crippen LogP contribution is 2.30. The van der Waals surface area contributed by atoms with Crippen molar-refractivity contribution in [1.29, 1.82) is 0 Å². The molecule has 45 heavy (non-hydrogen) atoms. The van der Waals surface area contributed by atoms with Gasteiger partial charge in [0, 0.05) is 31.8 Å². The van der Waals surface area contributed by atoms with Gasteiger partial charge in [-0.1, -0.05) is 64.9 Å². The maximum Gasteiger partial charge on any atom is 0.272 e. The SMILES string of the molecule is CCOc1ccc2nc(NC(=O)CSc3cccc(NC(=O)/C(=C\c4c(Cl)cccc4Cl)NC(=O)c4ccccc4)c3)sc2c1. The van der Waals surface area contributed by atoms with Gasteiger partial charge in [-0.15, -0.1) is 11.8 Å². The van der Waals surface area contributed by atoms with Crippen LogP contribution in [0.25, 0.3) is 16.3 Å². The zero-order valence-corrected chi connectivity index (χ0v) is 26.9. The number of halogens is 2. The van der Waals surface area contributed by atoms with Gasteiger partial charge in [0.2, 0.25) is 5.91 Å². The number of nitrogens with zero attached hydrogens (tertiary/aromatic N) is 1. The second kappa shape index (κ2) is 15.1. The number of carbonyl (C=O) groups excluding carboxylic acids is 3. The van der Waals surface area contributed by atoms with E-state index in [0.717, 1.165) is 20.9 Å². The van der Waals surface area contributed by atoms with Crippen molar-refractivity contribution in [3.05, 3.63) is 118 Å². The third kappa shape index (κ3) is 8.64. The Kier molecular flexibility index (Phi) is 10.7. The number of fused-ring (bicyclic) bond motifs is 1. The smallest absolute Gasteiger partial charge is 0.272 e. The van der Waals surface area contributed by atoms with Crippen LogP contribution in [0.5, 0.6) is 5.75 Å². The minimum atomic E-state index is -0.585. The fraction of sp³-hybridized carbons (Fsp3) is 0.0909. The summed E-state index contributed by atoms with van der Waals surface area (Å²) in [6.45, 7) is 2.49. The first-order valence-corrected chi connectivity index (χ1v) is 16.2. The Bertz CT molecular complexity index is 1880. The van der Waals surface area contributed by atoms with Gasteiger partial charge in [-0.05, 0) is 73.7 Å². The predicted octanol–water partition coefficient (Wildman–Crippen LogP) is 8.14. The van der Waals surface area contributed by atoms with Crippen LogP contribution < -0.4 is 20.7 Å². The highest BCUT2D eigenvalue weighted by molar-refractivity contribution is 8.00. The quantitative estimate of drug-likeness (QED) is 0.0962. The van der Waals surface area contributed by atoms with E-state index in [1.54, 1.807) is 66.7 Å². The number of ether oxygens (including phenoxy) is 1. The van der Waals surface area contributed by atoms with E-state index in [-0.39, 0.29) is 17.4 Å². The van der Waals surface area contributed by atoms with Gasteiger partial charge in [0.1, 0.15) is 11.4 Å². The average molecular weight is 678 g/mol. The molecule has 3 N–H and O–H groups in total. The Morgan fingerprint density at radius 3 is 2.42 bits per heavy atom.